The largest absolute Gasteiger partial charge is 0.378 e. The Kier molecular flexibility index (Phi) is 3.46. The first-order chi connectivity index (χ1) is 12.1. The van der Waals surface area contributed by atoms with Gasteiger partial charge in [0.25, 0.3) is 0 Å². The van der Waals surface area contributed by atoms with Crippen molar-refractivity contribution in [3.8, 4) is 11.5 Å². The summed E-state index contributed by atoms with van der Waals surface area (Å²) in [5, 5.41) is 10.2. The van der Waals surface area contributed by atoms with Crippen LogP contribution in [0, 0.1) is 0 Å². The summed E-state index contributed by atoms with van der Waals surface area (Å²) in [7, 11) is 4.01. The molecule has 0 aliphatic rings. The molecule has 0 bridgehead atoms. The summed E-state index contributed by atoms with van der Waals surface area (Å²) in [5.74, 6) is 1.48. The first-order valence-corrected chi connectivity index (χ1v) is 7.66. The zero-order chi connectivity index (χ0) is 17.4. The van der Waals surface area contributed by atoms with Gasteiger partial charge in [0.05, 0.1) is 22.9 Å². The van der Waals surface area contributed by atoms with Gasteiger partial charge in [0.15, 0.2) is 5.82 Å². The molecule has 4 rings (SSSR count). The van der Waals surface area contributed by atoms with Gasteiger partial charge in [-0.2, -0.15) is 10.1 Å². The van der Waals surface area contributed by atoms with Crippen molar-refractivity contribution in [2.24, 2.45) is 0 Å². The van der Waals surface area contributed by atoms with Gasteiger partial charge in [0, 0.05) is 26.0 Å². The van der Waals surface area contributed by atoms with Crippen LogP contribution >= 0.6 is 0 Å². The first-order valence-electron chi connectivity index (χ1n) is 7.66. The van der Waals surface area contributed by atoms with Crippen molar-refractivity contribution < 1.29 is 0 Å². The zero-order valence-corrected chi connectivity index (χ0v) is 13.8. The van der Waals surface area contributed by atoms with Crippen LogP contribution in [0.2, 0.25) is 0 Å². The van der Waals surface area contributed by atoms with Gasteiger partial charge in [-0.3, -0.25) is 5.10 Å². The molecule has 3 aromatic heterocycles. The fraction of sp³-hybridized carbons (Fsp3) is 0.125. The Morgan fingerprint density at radius 2 is 2.04 bits per heavy atom. The number of aromatic nitrogens is 6. The van der Waals surface area contributed by atoms with Crippen molar-refractivity contribution in [2.75, 3.05) is 30.0 Å². The van der Waals surface area contributed by atoms with Crippen LogP contribution in [0.15, 0.2) is 36.7 Å². The van der Waals surface area contributed by atoms with Crippen LogP contribution in [0.4, 0.5) is 23.1 Å². The molecule has 25 heavy (non-hydrogen) atoms. The number of nitrogens with two attached hydrogens (primary N) is 1. The van der Waals surface area contributed by atoms with Crippen LogP contribution in [-0.4, -0.2) is 44.2 Å². The van der Waals surface area contributed by atoms with Crippen molar-refractivity contribution in [3.05, 3.63) is 36.7 Å². The Labute approximate surface area is 143 Å². The van der Waals surface area contributed by atoms with Crippen molar-refractivity contribution >= 4 is 34.2 Å². The number of fused-ring (bicyclic) bond motifs is 1. The minimum Gasteiger partial charge on any atom is -0.378 e. The number of hydrogen-bond donors (Lipinski definition) is 4. The van der Waals surface area contributed by atoms with Crippen molar-refractivity contribution in [2.45, 2.75) is 0 Å². The van der Waals surface area contributed by atoms with Gasteiger partial charge in [0.2, 0.25) is 5.95 Å². The highest BCUT2D eigenvalue weighted by Gasteiger charge is 2.13. The number of benzene rings is 1. The van der Waals surface area contributed by atoms with Crippen LogP contribution in [0.3, 0.4) is 0 Å². The van der Waals surface area contributed by atoms with E-state index in [1.165, 1.54) is 0 Å². The van der Waals surface area contributed by atoms with Crippen molar-refractivity contribution in [3.63, 3.8) is 0 Å². The maximum absolute atomic E-state index is 5.62. The standard InChI is InChI=1S/C16H17N9/c1-25(2)9-3-4-10-11(7-9)22-15(21-10)14-12(8-19-24-14)20-13-5-6-18-16(17)23-13/h3-8H,1-2H3,(H,19,24)(H,21,22)(H3,17,18,20,23). The molecule has 9 nitrogen and oxygen atoms in total. The zero-order valence-electron chi connectivity index (χ0n) is 13.8. The van der Waals surface area contributed by atoms with E-state index in [0.29, 0.717) is 11.6 Å². The second kappa shape index (κ2) is 5.78. The third-order valence-electron chi connectivity index (χ3n) is 3.79. The van der Waals surface area contributed by atoms with Gasteiger partial charge < -0.3 is 20.9 Å². The lowest BCUT2D eigenvalue weighted by Gasteiger charge is -2.11. The molecule has 0 atom stereocenters. The average molecular weight is 335 g/mol. The Hall–Kier alpha value is -3.62. The second-order valence-electron chi connectivity index (χ2n) is 5.77. The predicted octanol–water partition coefficient (Wildman–Crippen LogP) is 2.13. The molecule has 0 unspecified atom stereocenters. The topological polar surface area (TPSA) is 124 Å². The lowest BCUT2D eigenvalue weighted by Crippen LogP contribution is -2.07. The molecule has 0 radical (unpaired) electrons. The summed E-state index contributed by atoms with van der Waals surface area (Å²) in [4.78, 5) is 18.0. The van der Waals surface area contributed by atoms with Crippen LogP contribution in [0.1, 0.15) is 0 Å². The summed E-state index contributed by atoms with van der Waals surface area (Å²) in [5.41, 5.74) is 10.0. The lowest BCUT2D eigenvalue weighted by atomic mass is 10.2. The quantitative estimate of drug-likeness (QED) is 0.450. The van der Waals surface area contributed by atoms with E-state index in [2.05, 4.69) is 41.5 Å². The highest BCUT2D eigenvalue weighted by molar-refractivity contribution is 5.84. The fourth-order valence-corrected chi connectivity index (χ4v) is 2.54. The third kappa shape index (κ3) is 2.82. The van der Waals surface area contributed by atoms with E-state index >= 15 is 0 Å². The van der Waals surface area contributed by atoms with Gasteiger partial charge in [-0.25, -0.2) is 9.97 Å². The smallest absolute Gasteiger partial charge is 0.221 e. The molecule has 3 heterocycles. The van der Waals surface area contributed by atoms with Gasteiger partial charge in [-0.05, 0) is 24.3 Å². The van der Waals surface area contributed by atoms with Gasteiger partial charge in [0.1, 0.15) is 11.5 Å². The number of nitrogens with one attached hydrogen (secondary N) is 3. The molecule has 0 spiro atoms. The van der Waals surface area contributed by atoms with E-state index in [0.717, 1.165) is 28.1 Å². The Balaban J connectivity index is 1.71. The molecule has 5 N–H and O–H groups in total. The van der Waals surface area contributed by atoms with Gasteiger partial charge in [-0.1, -0.05) is 0 Å². The number of hydrogen-bond acceptors (Lipinski definition) is 7. The summed E-state index contributed by atoms with van der Waals surface area (Å²) in [6.45, 7) is 0. The highest BCUT2D eigenvalue weighted by atomic mass is 15.2. The summed E-state index contributed by atoms with van der Waals surface area (Å²) in [6.07, 6.45) is 3.26. The SMILES string of the molecule is CN(C)c1ccc2nc(-c3[nH]ncc3Nc3ccnc(N)n3)[nH]c2c1. The number of anilines is 4. The van der Waals surface area contributed by atoms with Crippen molar-refractivity contribution in [1.29, 1.82) is 0 Å². The fourth-order valence-electron chi connectivity index (χ4n) is 2.54. The molecule has 0 aliphatic carbocycles. The van der Waals surface area contributed by atoms with Crippen LogP contribution in [0.5, 0.6) is 0 Å². The normalized spacial score (nSPS) is 11.0. The predicted molar refractivity (Wildman–Crippen MR) is 97.7 cm³/mol. The number of nitrogens with zero attached hydrogens (tertiary/aromatic N) is 5. The molecule has 0 saturated carbocycles. The molecule has 0 fully saturated rings. The number of imidazole rings is 1. The lowest BCUT2D eigenvalue weighted by molar-refractivity contribution is 1.08. The molecular formula is C16H17N9. The van der Waals surface area contributed by atoms with E-state index in [1.54, 1.807) is 18.5 Å². The van der Waals surface area contributed by atoms with E-state index < -0.39 is 0 Å². The molecule has 9 heteroatoms. The Morgan fingerprint density at radius 3 is 2.84 bits per heavy atom. The Morgan fingerprint density at radius 1 is 1.16 bits per heavy atom. The van der Waals surface area contributed by atoms with Crippen molar-refractivity contribution in [1.82, 2.24) is 30.1 Å². The van der Waals surface area contributed by atoms with E-state index in [4.69, 9.17) is 5.73 Å². The maximum Gasteiger partial charge on any atom is 0.221 e. The minimum atomic E-state index is 0.204. The number of H-pyrrole nitrogens is 2. The third-order valence-corrected chi connectivity index (χ3v) is 3.79. The molecule has 1 aromatic carbocycles. The summed E-state index contributed by atoms with van der Waals surface area (Å²) < 4.78 is 0. The number of rotatable bonds is 4. The minimum absolute atomic E-state index is 0.204. The molecule has 126 valence electrons. The molecule has 0 aliphatic heterocycles. The monoisotopic (exact) mass is 335 g/mol. The molecular weight excluding hydrogens is 318 g/mol. The maximum atomic E-state index is 5.62. The van der Waals surface area contributed by atoms with Crippen LogP contribution in [0.25, 0.3) is 22.6 Å². The second-order valence-corrected chi connectivity index (χ2v) is 5.77. The van der Waals surface area contributed by atoms with E-state index in [-0.39, 0.29) is 5.95 Å². The first kappa shape index (κ1) is 14.9. The van der Waals surface area contributed by atoms with Crippen LogP contribution in [-0.2, 0) is 0 Å². The van der Waals surface area contributed by atoms with Gasteiger partial charge >= 0.3 is 0 Å². The summed E-state index contributed by atoms with van der Waals surface area (Å²) >= 11 is 0. The Bertz CT molecular complexity index is 1030. The van der Waals surface area contributed by atoms with E-state index in [9.17, 15) is 0 Å². The van der Waals surface area contributed by atoms with Crippen LogP contribution < -0.4 is 16.0 Å². The molecule has 0 saturated heterocycles. The molecule has 4 aromatic rings. The number of nitrogen functional groups attached to an aromatic ring is 1. The number of aromatic amines is 2. The highest BCUT2D eigenvalue weighted by Crippen LogP contribution is 2.28. The van der Waals surface area contributed by atoms with E-state index in [1.807, 2.05) is 31.1 Å². The molecule has 0 amide bonds. The average Bonchev–Trinajstić information content (AvgIpc) is 3.20. The van der Waals surface area contributed by atoms with Gasteiger partial charge in [-0.15, -0.1) is 0 Å². The summed E-state index contributed by atoms with van der Waals surface area (Å²) in [6, 6.07) is 7.80.